The Balaban J connectivity index is 0.000000172. The molecule has 0 radical (unpaired) electrons. The van der Waals surface area contributed by atoms with Gasteiger partial charge in [0.15, 0.2) is 0 Å². The quantitative estimate of drug-likeness (QED) is 0.487. The van der Waals surface area contributed by atoms with Crippen LogP contribution in [0.15, 0.2) is 73.0 Å². The Morgan fingerprint density at radius 2 is 1.30 bits per heavy atom. The minimum Gasteiger partial charge on any atom is -0.497 e. The topological polar surface area (TPSA) is 144 Å². The molecule has 0 saturated heterocycles. The van der Waals surface area contributed by atoms with E-state index in [9.17, 15) is 19.2 Å². The summed E-state index contributed by atoms with van der Waals surface area (Å²) in [6, 6.07) is 14.2. The molecule has 2 aromatic heterocycles. The van der Waals surface area contributed by atoms with E-state index >= 15 is 0 Å². The van der Waals surface area contributed by atoms with Gasteiger partial charge in [0.25, 0.3) is 0 Å². The van der Waals surface area contributed by atoms with Crippen LogP contribution in [-0.2, 0) is 0 Å². The fourth-order valence-corrected chi connectivity index (χ4v) is 2.58. The number of carboxylic acids is 2. The van der Waals surface area contributed by atoms with Crippen LogP contribution in [0.25, 0.3) is 21.9 Å². The van der Waals surface area contributed by atoms with Crippen LogP contribution in [-0.4, -0.2) is 29.3 Å². The molecule has 0 fully saturated rings. The van der Waals surface area contributed by atoms with Gasteiger partial charge in [0, 0.05) is 16.8 Å². The minimum atomic E-state index is -1.30. The van der Waals surface area contributed by atoms with Gasteiger partial charge in [0.05, 0.1) is 7.11 Å². The molecule has 4 aromatic rings. The molecule has 2 heterocycles. The molecule has 0 aliphatic heterocycles. The molecule has 0 saturated carbocycles. The number of carboxylic acid groups (broad SMARTS) is 2. The molecule has 0 amide bonds. The molecule has 30 heavy (non-hydrogen) atoms. The van der Waals surface area contributed by atoms with Crippen molar-refractivity contribution in [1.82, 2.24) is 0 Å². The van der Waals surface area contributed by atoms with Crippen molar-refractivity contribution in [2.24, 2.45) is 0 Å². The summed E-state index contributed by atoms with van der Waals surface area (Å²) in [6.07, 6.45) is 0. The molecule has 0 aliphatic carbocycles. The summed E-state index contributed by atoms with van der Waals surface area (Å²) in [5.41, 5.74) is -1.72. The normalized spacial score (nSPS) is 10.3. The Morgan fingerprint density at radius 3 is 1.87 bits per heavy atom. The lowest BCUT2D eigenvalue weighted by Crippen LogP contribution is -2.12. The summed E-state index contributed by atoms with van der Waals surface area (Å²) >= 11 is 0. The second kappa shape index (κ2) is 8.31. The Morgan fingerprint density at radius 1 is 0.767 bits per heavy atom. The van der Waals surface area contributed by atoms with E-state index in [1.807, 2.05) is 0 Å². The Bertz CT molecular complexity index is 1380. The Kier molecular flexibility index (Phi) is 5.63. The number of hydrogen-bond donors (Lipinski definition) is 2. The molecular weight excluding hydrogens is 396 g/mol. The second-order valence-electron chi connectivity index (χ2n) is 5.95. The van der Waals surface area contributed by atoms with E-state index in [4.69, 9.17) is 23.8 Å². The Hall–Kier alpha value is -4.40. The van der Waals surface area contributed by atoms with Crippen LogP contribution in [0.1, 0.15) is 20.7 Å². The van der Waals surface area contributed by atoms with Crippen LogP contribution in [0.2, 0.25) is 0 Å². The minimum absolute atomic E-state index is 0.300. The third-order valence-corrected chi connectivity index (χ3v) is 4.05. The first-order chi connectivity index (χ1) is 14.3. The fraction of sp³-hybridized carbons (Fsp3) is 0.0476. The first-order valence-corrected chi connectivity index (χ1v) is 8.41. The average molecular weight is 410 g/mol. The lowest BCUT2D eigenvalue weighted by Gasteiger charge is -2.01. The van der Waals surface area contributed by atoms with Gasteiger partial charge in [-0.2, -0.15) is 0 Å². The fourth-order valence-electron chi connectivity index (χ4n) is 2.58. The van der Waals surface area contributed by atoms with Gasteiger partial charge in [-0.1, -0.05) is 18.2 Å². The lowest BCUT2D eigenvalue weighted by molar-refractivity contribution is 0.0681. The third-order valence-electron chi connectivity index (χ3n) is 4.05. The zero-order chi connectivity index (χ0) is 21.8. The zero-order valence-corrected chi connectivity index (χ0v) is 15.4. The van der Waals surface area contributed by atoms with E-state index < -0.39 is 23.2 Å². The molecular formula is C21H14O9. The summed E-state index contributed by atoms with van der Waals surface area (Å²) in [5.74, 6) is -2.03. The highest BCUT2D eigenvalue weighted by Gasteiger charge is 2.12. The number of fused-ring (bicyclic) bond motifs is 2. The standard InChI is InChI=1S/C11H8O5.C10H6O4/c1-15-7-3-2-6-4-8(10(12)13)11(14)16-9(6)5-7;11-9(12)7-5-6-3-1-2-4-8(6)14-10(7)13/h2-5H,1H3,(H,12,13);1-5H,(H,11,12). The predicted molar refractivity (Wildman–Crippen MR) is 105 cm³/mol. The number of ether oxygens (including phenoxy) is 1. The maximum Gasteiger partial charge on any atom is 0.351 e. The molecule has 9 heteroatoms. The van der Waals surface area contributed by atoms with Crippen molar-refractivity contribution in [3.8, 4) is 5.75 Å². The summed E-state index contributed by atoms with van der Waals surface area (Å²) in [7, 11) is 1.49. The summed E-state index contributed by atoms with van der Waals surface area (Å²) in [5, 5.41) is 18.5. The third kappa shape index (κ3) is 4.20. The van der Waals surface area contributed by atoms with E-state index in [1.165, 1.54) is 25.3 Å². The van der Waals surface area contributed by atoms with E-state index in [1.54, 1.807) is 36.4 Å². The lowest BCUT2D eigenvalue weighted by atomic mass is 10.2. The van der Waals surface area contributed by atoms with Crippen LogP contribution in [0.4, 0.5) is 0 Å². The van der Waals surface area contributed by atoms with Crippen molar-refractivity contribution in [1.29, 1.82) is 0 Å². The molecule has 2 aromatic carbocycles. The summed E-state index contributed by atoms with van der Waals surface area (Å²) in [4.78, 5) is 43.7. The van der Waals surface area contributed by atoms with Crippen molar-refractivity contribution in [3.05, 3.63) is 86.6 Å². The number of carbonyl (C=O) groups is 2. The van der Waals surface area contributed by atoms with Gasteiger partial charge in [0.1, 0.15) is 28.0 Å². The molecule has 0 aliphatic rings. The van der Waals surface area contributed by atoms with Gasteiger partial charge in [-0.05, 0) is 30.3 Å². The summed E-state index contributed by atoms with van der Waals surface area (Å²) < 4.78 is 14.7. The maximum absolute atomic E-state index is 11.3. The van der Waals surface area contributed by atoms with Gasteiger partial charge >= 0.3 is 23.2 Å². The average Bonchev–Trinajstić information content (AvgIpc) is 2.72. The summed E-state index contributed by atoms with van der Waals surface area (Å²) in [6.45, 7) is 0. The monoisotopic (exact) mass is 410 g/mol. The number of para-hydroxylation sites is 1. The smallest absolute Gasteiger partial charge is 0.351 e. The molecule has 9 nitrogen and oxygen atoms in total. The molecule has 0 spiro atoms. The van der Waals surface area contributed by atoms with Crippen LogP contribution >= 0.6 is 0 Å². The highest BCUT2D eigenvalue weighted by atomic mass is 16.5. The van der Waals surface area contributed by atoms with Gasteiger partial charge in [-0.25, -0.2) is 19.2 Å². The van der Waals surface area contributed by atoms with Crippen molar-refractivity contribution in [2.75, 3.05) is 7.11 Å². The molecule has 0 atom stereocenters. The van der Waals surface area contributed by atoms with E-state index in [2.05, 4.69) is 0 Å². The number of rotatable bonds is 3. The zero-order valence-electron chi connectivity index (χ0n) is 15.4. The number of aromatic carboxylic acids is 2. The first-order valence-electron chi connectivity index (χ1n) is 8.41. The van der Waals surface area contributed by atoms with Gasteiger partial charge in [-0.3, -0.25) is 0 Å². The van der Waals surface area contributed by atoms with Crippen LogP contribution in [0.5, 0.6) is 5.75 Å². The van der Waals surface area contributed by atoms with Crippen molar-refractivity contribution >= 4 is 33.9 Å². The highest BCUT2D eigenvalue weighted by Crippen LogP contribution is 2.20. The van der Waals surface area contributed by atoms with Crippen molar-refractivity contribution < 1.29 is 33.4 Å². The van der Waals surface area contributed by atoms with E-state index in [-0.39, 0.29) is 11.1 Å². The molecule has 4 rings (SSSR count). The first kappa shape index (κ1) is 20.3. The SMILES string of the molecule is COc1ccc2cc(C(=O)O)c(=O)oc2c1.O=C(O)c1cc2ccccc2oc1=O. The highest BCUT2D eigenvalue weighted by molar-refractivity contribution is 5.92. The molecule has 0 unspecified atom stereocenters. The van der Waals surface area contributed by atoms with Crippen molar-refractivity contribution in [2.45, 2.75) is 0 Å². The van der Waals surface area contributed by atoms with Crippen molar-refractivity contribution in [3.63, 3.8) is 0 Å². The van der Waals surface area contributed by atoms with Crippen LogP contribution < -0.4 is 16.0 Å². The number of hydrogen-bond acceptors (Lipinski definition) is 7. The molecule has 152 valence electrons. The van der Waals surface area contributed by atoms with Crippen LogP contribution in [0, 0.1) is 0 Å². The maximum atomic E-state index is 11.3. The van der Waals surface area contributed by atoms with Gasteiger partial charge in [-0.15, -0.1) is 0 Å². The van der Waals surface area contributed by atoms with E-state index in [0.717, 1.165) is 0 Å². The van der Waals surface area contributed by atoms with E-state index in [0.29, 0.717) is 27.7 Å². The Labute approximate surface area is 167 Å². The predicted octanol–water partition coefficient (Wildman–Crippen LogP) is 2.99. The van der Waals surface area contributed by atoms with Gasteiger partial charge < -0.3 is 23.8 Å². The van der Waals surface area contributed by atoms with Crippen LogP contribution in [0.3, 0.4) is 0 Å². The largest absolute Gasteiger partial charge is 0.497 e. The molecule has 2 N–H and O–H groups in total. The number of benzene rings is 2. The molecule has 0 bridgehead atoms. The second-order valence-corrected chi connectivity index (χ2v) is 5.95. The number of methoxy groups -OCH3 is 1. The van der Waals surface area contributed by atoms with Gasteiger partial charge in [0.2, 0.25) is 0 Å².